The molecule has 6 heteroatoms. The van der Waals surface area contributed by atoms with E-state index in [4.69, 9.17) is 4.74 Å². The van der Waals surface area contributed by atoms with Crippen molar-refractivity contribution >= 4 is 16.8 Å². The monoisotopic (exact) mass is 432 g/mol. The number of nitrogens with one attached hydrogen (secondary N) is 2. The first kappa shape index (κ1) is 21.2. The number of amides is 1. The number of morpholine rings is 1. The van der Waals surface area contributed by atoms with Gasteiger partial charge in [-0.25, -0.2) is 5.01 Å². The van der Waals surface area contributed by atoms with Gasteiger partial charge in [-0.1, -0.05) is 30.3 Å². The van der Waals surface area contributed by atoms with Gasteiger partial charge in [0.2, 0.25) is 0 Å². The molecule has 0 aliphatic carbocycles. The van der Waals surface area contributed by atoms with Crippen molar-refractivity contribution in [2.24, 2.45) is 11.8 Å². The van der Waals surface area contributed by atoms with Crippen molar-refractivity contribution in [1.82, 2.24) is 20.3 Å². The molecule has 2 atom stereocenters. The van der Waals surface area contributed by atoms with E-state index < -0.39 is 0 Å². The molecule has 2 saturated heterocycles. The number of H-pyrrole nitrogens is 1. The Hall–Kier alpha value is -2.67. The topological polar surface area (TPSA) is 60.6 Å². The molecule has 0 radical (unpaired) electrons. The summed E-state index contributed by atoms with van der Waals surface area (Å²) >= 11 is 0. The maximum atomic E-state index is 13.0. The Morgan fingerprint density at radius 3 is 2.72 bits per heavy atom. The van der Waals surface area contributed by atoms with Gasteiger partial charge < -0.3 is 9.72 Å². The average Bonchev–Trinajstić information content (AvgIpc) is 3.30. The van der Waals surface area contributed by atoms with Gasteiger partial charge in [-0.05, 0) is 54.5 Å². The molecule has 6 nitrogen and oxygen atoms in total. The van der Waals surface area contributed by atoms with E-state index in [-0.39, 0.29) is 5.91 Å². The quantitative estimate of drug-likeness (QED) is 0.627. The summed E-state index contributed by atoms with van der Waals surface area (Å²) in [6.07, 6.45) is 4.09. The van der Waals surface area contributed by atoms with Crippen LogP contribution in [0.2, 0.25) is 0 Å². The molecule has 2 N–H and O–H groups in total. The first-order valence-corrected chi connectivity index (χ1v) is 11.7. The van der Waals surface area contributed by atoms with Crippen molar-refractivity contribution in [3.63, 3.8) is 0 Å². The second kappa shape index (κ2) is 9.86. The number of aromatic amines is 1. The zero-order valence-corrected chi connectivity index (χ0v) is 18.5. The summed E-state index contributed by atoms with van der Waals surface area (Å²) in [4.78, 5) is 18.7. The van der Waals surface area contributed by atoms with Crippen LogP contribution in [0.1, 0.15) is 22.3 Å². The summed E-state index contributed by atoms with van der Waals surface area (Å²) < 4.78 is 5.55. The van der Waals surface area contributed by atoms with Gasteiger partial charge in [-0.2, -0.15) is 0 Å². The Bertz CT molecular complexity index is 1030. The maximum Gasteiger partial charge on any atom is 0.265 e. The smallest absolute Gasteiger partial charge is 0.265 e. The van der Waals surface area contributed by atoms with Crippen LogP contribution in [0.4, 0.5) is 0 Å². The molecule has 2 unspecified atom stereocenters. The lowest BCUT2D eigenvalue weighted by Gasteiger charge is -2.41. The highest BCUT2D eigenvalue weighted by atomic mass is 16.5. The van der Waals surface area contributed by atoms with Gasteiger partial charge in [0, 0.05) is 55.4 Å². The van der Waals surface area contributed by atoms with E-state index in [1.54, 1.807) is 0 Å². The molecule has 3 aromatic rings. The fourth-order valence-electron chi connectivity index (χ4n) is 5.09. The molecule has 3 heterocycles. The Kier molecular flexibility index (Phi) is 6.53. The molecule has 2 aliphatic rings. The van der Waals surface area contributed by atoms with E-state index in [0.29, 0.717) is 17.4 Å². The molecule has 1 aromatic heterocycles. The number of nitrogens with zero attached hydrogens (tertiary/aromatic N) is 2. The number of carbonyl (C=O) groups is 1. The van der Waals surface area contributed by atoms with Crippen LogP contribution in [0.5, 0.6) is 0 Å². The van der Waals surface area contributed by atoms with Crippen molar-refractivity contribution in [1.29, 1.82) is 0 Å². The fraction of sp³-hybridized carbons (Fsp3) is 0.423. The van der Waals surface area contributed by atoms with Crippen LogP contribution in [-0.2, 0) is 11.2 Å². The first-order chi connectivity index (χ1) is 15.7. The molecule has 2 fully saturated rings. The third-order valence-electron chi connectivity index (χ3n) is 6.90. The highest BCUT2D eigenvalue weighted by Crippen LogP contribution is 2.28. The molecule has 1 amide bonds. The van der Waals surface area contributed by atoms with Crippen LogP contribution in [0.3, 0.4) is 0 Å². The first-order valence-electron chi connectivity index (χ1n) is 11.7. The van der Waals surface area contributed by atoms with E-state index in [1.165, 1.54) is 5.56 Å². The van der Waals surface area contributed by atoms with Crippen molar-refractivity contribution in [2.75, 3.05) is 45.9 Å². The molecular weight excluding hydrogens is 400 g/mol. The SMILES string of the molecule is O=C(NN1CCC(Cc2ccccc2)C(CN2CCOCC2)C1)c1ccc2[nH]ccc2c1. The van der Waals surface area contributed by atoms with Gasteiger partial charge in [0.25, 0.3) is 5.91 Å². The van der Waals surface area contributed by atoms with E-state index in [1.807, 2.05) is 30.5 Å². The lowest BCUT2D eigenvalue weighted by molar-refractivity contribution is 0.00521. The molecule has 0 spiro atoms. The number of aromatic nitrogens is 1. The number of ether oxygens (including phenoxy) is 1. The van der Waals surface area contributed by atoms with Crippen LogP contribution in [0, 0.1) is 11.8 Å². The average molecular weight is 433 g/mol. The van der Waals surface area contributed by atoms with Crippen LogP contribution in [-0.4, -0.2) is 66.7 Å². The third-order valence-corrected chi connectivity index (χ3v) is 6.90. The van der Waals surface area contributed by atoms with Crippen molar-refractivity contribution < 1.29 is 9.53 Å². The molecule has 2 aromatic carbocycles. The molecule has 2 aliphatic heterocycles. The maximum absolute atomic E-state index is 13.0. The summed E-state index contributed by atoms with van der Waals surface area (Å²) in [6.45, 7) is 6.45. The van der Waals surface area contributed by atoms with E-state index >= 15 is 0 Å². The summed E-state index contributed by atoms with van der Waals surface area (Å²) in [5, 5.41) is 3.19. The van der Waals surface area contributed by atoms with E-state index in [0.717, 1.165) is 69.7 Å². The van der Waals surface area contributed by atoms with Gasteiger partial charge in [-0.15, -0.1) is 0 Å². The third kappa shape index (κ3) is 5.04. The zero-order chi connectivity index (χ0) is 21.8. The number of carbonyl (C=O) groups excluding carboxylic acids is 1. The predicted molar refractivity (Wildman–Crippen MR) is 126 cm³/mol. The van der Waals surface area contributed by atoms with E-state index in [9.17, 15) is 4.79 Å². The minimum absolute atomic E-state index is 0.0280. The van der Waals surface area contributed by atoms with Gasteiger partial charge in [0.1, 0.15) is 0 Å². The number of hydrogen-bond donors (Lipinski definition) is 2. The van der Waals surface area contributed by atoms with Gasteiger partial charge in [0.05, 0.1) is 13.2 Å². The Morgan fingerprint density at radius 1 is 1.03 bits per heavy atom. The summed E-state index contributed by atoms with van der Waals surface area (Å²) in [6, 6.07) is 18.6. The summed E-state index contributed by atoms with van der Waals surface area (Å²) in [7, 11) is 0. The van der Waals surface area contributed by atoms with E-state index in [2.05, 4.69) is 50.7 Å². The Morgan fingerprint density at radius 2 is 1.88 bits per heavy atom. The standard InChI is InChI=1S/C26H32N4O2/c31-26(23-6-7-25-22(17-23)8-10-27-25)28-30-11-9-21(16-20-4-2-1-3-5-20)24(19-30)18-29-12-14-32-15-13-29/h1-8,10,17,21,24,27H,9,11-16,18-19H2,(H,28,31). The van der Waals surface area contributed by atoms with Crippen molar-refractivity contribution in [3.8, 4) is 0 Å². The number of rotatable bonds is 6. The van der Waals surface area contributed by atoms with Crippen LogP contribution < -0.4 is 5.43 Å². The van der Waals surface area contributed by atoms with Crippen LogP contribution in [0.25, 0.3) is 10.9 Å². The van der Waals surface area contributed by atoms with Gasteiger partial charge in [0.15, 0.2) is 0 Å². The Balaban J connectivity index is 1.26. The molecule has 32 heavy (non-hydrogen) atoms. The largest absolute Gasteiger partial charge is 0.379 e. The minimum atomic E-state index is -0.0280. The Labute approximate surface area is 189 Å². The second-order valence-electron chi connectivity index (χ2n) is 9.08. The number of piperidine rings is 1. The van der Waals surface area contributed by atoms with Crippen molar-refractivity contribution in [3.05, 3.63) is 71.9 Å². The highest BCUT2D eigenvalue weighted by molar-refractivity contribution is 5.97. The van der Waals surface area contributed by atoms with Gasteiger partial charge >= 0.3 is 0 Å². The number of benzene rings is 2. The minimum Gasteiger partial charge on any atom is -0.379 e. The van der Waals surface area contributed by atoms with Crippen LogP contribution >= 0.6 is 0 Å². The molecule has 0 bridgehead atoms. The second-order valence-corrected chi connectivity index (χ2v) is 9.08. The van der Waals surface area contributed by atoms with Gasteiger partial charge in [-0.3, -0.25) is 15.1 Å². The molecular formula is C26H32N4O2. The fourth-order valence-corrected chi connectivity index (χ4v) is 5.09. The number of hydrazine groups is 1. The predicted octanol–water partition coefficient (Wildman–Crippen LogP) is 3.33. The summed E-state index contributed by atoms with van der Waals surface area (Å²) in [5.74, 6) is 1.10. The van der Waals surface area contributed by atoms with Crippen molar-refractivity contribution in [2.45, 2.75) is 12.8 Å². The highest BCUT2D eigenvalue weighted by Gasteiger charge is 2.32. The number of fused-ring (bicyclic) bond motifs is 1. The molecule has 5 rings (SSSR count). The molecule has 168 valence electrons. The van der Waals surface area contributed by atoms with Crippen LogP contribution in [0.15, 0.2) is 60.8 Å². The zero-order valence-electron chi connectivity index (χ0n) is 18.5. The normalized spacial score (nSPS) is 22.8. The lowest BCUT2D eigenvalue weighted by Crippen LogP contribution is -2.53. The number of hydrogen-bond acceptors (Lipinski definition) is 4. The lowest BCUT2D eigenvalue weighted by atomic mass is 9.81. The summed E-state index contributed by atoms with van der Waals surface area (Å²) in [5.41, 5.74) is 6.34. The molecule has 0 saturated carbocycles.